The van der Waals surface area contributed by atoms with E-state index in [4.69, 9.17) is 21.3 Å². The van der Waals surface area contributed by atoms with Crippen molar-refractivity contribution in [3.05, 3.63) is 75.6 Å². The number of methoxy groups -OCH3 is 1. The molecular weight excluding hydrogens is 510 g/mol. The van der Waals surface area contributed by atoms with Crippen molar-refractivity contribution >= 4 is 34.8 Å². The van der Waals surface area contributed by atoms with Gasteiger partial charge in [-0.05, 0) is 93.3 Å². The van der Waals surface area contributed by atoms with Crippen molar-refractivity contribution < 1.29 is 9.53 Å². The molecular formula is C31H38ClN5O2. The molecule has 1 fully saturated rings. The molecule has 1 aromatic heterocycles. The van der Waals surface area contributed by atoms with E-state index in [0.717, 1.165) is 60.9 Å². The number of nitrogens with one attached hydrogen (secondary N) is 2. The van der Waals surface area contributed by atoms with Crippen LogP contribution in [0, 0.1) is 6.92 Å². The average Bonchev–Trinajstić information content (AvgIpc) is 3.17. The number of nitrogens with zero attached hydrogens (tertiary/aromatic N) is 3. The standard InChI is InChI=1S/C31H38ClN5O2/c1-20-17-22(23-8-6-14-37(19-23)15-16-39-4)11-12-25(20)35-30-33-18-24(32)26(36-30)13-10-21-7-5-9-27-28(21)31(2,3)29(38)34-27/h5,7,9,11-12,17-18,23H,6,8,10,13-16,19H2,1-4H3,(H,34,38)(H,33,35,36). The summed E-state index contributed by atoms with van der Waals surface area (Å²) in [5.41, 5.74) is 6.86. The van der Waals surface area contributed by atoms with Gasteiger partial charge in [0.15, 0.2) is 0 Å². The summed E-state index contributed by atoms with van der Waals surface area (Å²) in [7, 11) is 1.76. The first kappa shape index (κ1) is 27.6. The van der Waals surface area contributed by atoms with Crippen LogP contribution in [0.3, 0.4) is 0 Å². The Morgan fingerprint density at radius 2 is 2.08 bits per heavy atom. The van der Waals surface area contributed by atoms with E-state index in [-0.39, 0.29) is 5.91 Å². The second-order valence-electron chi connectivity index (χ2n) is 11.2. The maximum Gasteiger partial charge on any atom is 0.234 e. The van der Waals surface area contributed by atoms with E-state index in [1.54, 1.807) is 13.3 Å². The normalized spacial score (nSPS) is 18.6. The van der Waals surface area contributed by atoms with Gasteiger partial charge in [-0.3, -0.25) is 4.79 Å². The maximum atomic E-state index is 12.5. The fourth-order valence-electron chi connectivity index (χ4n) is 5.89. The first-order chi connectivity index (χ1) is 18.8. The van der Waals surface area contributed by atoms with Crippen molar-refractivity contribution in [2.45, 2.75) is 57.8 Å². The number of rotatable bonds is 9. The predicted molar refractivity (Wildman–Crippen MR) is 157 cm³/mol. The lowest BCUT2D eigenvalue weighted by Crippen LogP contribution is -2.36. The Labute approximate surface area is 236 Å². The Balaban J connectivity index is 1.27. The van der Waals surface area contributed by atoms with Gasteiger partial charge in [0.25, 0.3) is 0 Å². The summed E-state index contributed by atoms with van der Waals surface area (Å²) in [5.74, 6) is 1.10. The van der Waals surface area contributed by atoms with E-state index in [2.05, 4.69) is 51.7 Å². The molecule has 39 heavy (non-hydrogen) atoms. The summed E-state index contributed by atoms with van der Waals surface area (Å²) in [6, 6.07) is 12.7. The van der Waals surface area contributed by atoms with Crippen molar-refractivity contribution in [1.82, 2.24) is 14.9 Å². The summed E-state index contributed by atoms with van der Waals surface area (Å²) < 4.78 is 5.28. The van der Waals surface area contributed by atoms with Crippen LogP contribution >= 0.6 is 11.6 Å². The van der Waals surface area contributed by atoms with Crippen LogP contribution in [-0.2, 0) is 27.8 Å². The SMILES string of the molecule is COCCN1CCCC(c2ccc(Nc3ncc(Cl)c(CCc4cccc5c4C(C)(C)C(=O)N5)n3)c(C)c2)C1. The number of aromatic nitrogens is 2. The number of aryl methyl sites for hydroxylation is 3. The molecule has 1 unspecified atom stereocenters. The molecule has 2 aliphatic rings. The molecule has 1 atom stereocenters. The van der Waals surface area contributed by atoms with Gasteiger partial charge in [0.05, 0.1) is 28.9 Å². The number of piperidine rings is 1. The van der Waals surface area contributed by atoms with Crippen LogP contribution in [0.25, 0.3) is 0 Å². The van der Waals surface area contributed by atoms with Gasteiger partial charge in [0.1, 0.15) is 0 Å². The highest BCUT2D eigenvalue weighted by Gasteiger charge is 2.39. The molecule has 5 rings (SSSR count). The number of fused-ring (bicyclic) bond motifs is 1. The highest BCUT2D eigenvalue weighted by Crippen LogP contribution is 2.40. The highest BCUT2D eigenvalue weighted by atomic mass is 35.5. The van der Waals surface area contributed by atoms with Crippen molar-refractivity contribution in [1.29, 1.82) is 0 Å². The fraction of sp³-hybridized carbons (Fsp3) is 0.452. The number of hydrogen-bond donors (Lipinski definition) is 2. The van der Waals surface area contributed by atoms with Gasteiger partial charge in [-0.15, -0.1) is 0 Å². The van der Waals surface area contributed by atoms with Gasteiger partial charge >= 0.3 is 0 Å². The van der Waals surface area contributed by atoms with Crippen LogP contribution < -0.4 is 10.6 Å². The summed E-state index contributed by atoms with van der Waals surface area (Å²) in [6.45, 7) is 10.1. The quantitative estimate of drug-likeness (QED) is 0.341. The Morgan fingerprint density at radius 1 is 1.23 bits per heavy atom. The lowest BCUT2D eigenvalue weighted by molar-refractivity contribution is -0.119. The number of ether oxygens (including phenoxy) is 1. The number of hydrogen-bond acceptors (Lipinski definition) is 6. The Hall–Kier alpha value is -3.00. The van der Waals surface area contributed by atoms with Gasteiger partial charge < -0.3 is 20.3 Å². The minimum absolute atomic E-state index is 0.0322. The van der Waals surface area contributed by atoms with Crippen molar-refractivity contribution in [3.63, 3.8) is 0 Å². The van der Waals surface area contributed by atoms with Gasteiger partial charge in [0.2, 0.25) is 11.9 Å². The fourth-order valence-corrected chi connectivity index (χ4v) is 6.07. The number of likely N-dealkylation sites (tertiary alicyclic amines) is 1. The maximum absolute atomic E-state index is 12.5. The number of benzene rings is 2. The number of anilines is 3. The number of carbonyl (C=O) groups excluding carboxylic acids is 1. The van der Waals surface area contributed by atoms with Crippen molar-refractivity contribution in [2.75, 3.05) is 44.0 Å². The largest absolute Gasteiger partial charge is 0.383 e. The second-order valence-corrected chi connectivity index (χ2v) is 11.6. The monoisotopic (exact) mass is 547 g/mol. The van der Waals surface area contributed by atoms with Crippen LogP contribution in [0.15, 0.2) is 42.6 Å². The molecule has 0 saturated carbocycles. The third-order valence-electron chi connectivity index (χ3n) is 8.12. The molecule has 0 aliphatic carbocycles. The topological polar surface area (TPSA) is 79.4 Å². The molecule has 1 saturated heterocycles. The van der Waals surface area contributed by atoms with E-state index in [0.29, 0.717) is 23.3 Å². The van der Waals surface area contributed by atoms with Crippen LogP contribution in [0.1, 0.15) is 60.6 Å². The molecule has 1 amide bonds. The first-order valence-electron chi connectivity index (χ1n) is 13.8. The van der Waals surface area contributed by atoms with E-state index >= 15 is 0 Å². The molecule has 0 radical (unpaired) electrons. The molecule has 8 heteroatoms. The Kier molecular flexibility index (Phi) is 8.21. The van der Waals surface area contributed by atoms with E-state index in [9.17, 15) is 4.79 Å². The zero-order chi connectivity index (χ0) is 27.6. The molecule has 2 N–H and O–H groups in total. The van der Waals surface area contributed by atoms with Gasteiger partial charge in [-0.2, -0.15) is 0 Å². The van der Waals surface area contributed by atoms with E-state index in [1.165, 1.54) is 24.0 Å². The Bertz CT molecular complexity index is 1360. The van der Waals surface area contributed by atoms with E-state index < -0.39 is 5.41 Å². The number of carbonyl (C=O) groups is 1. The highest BCUT2D eigenvalue weighted by molar-refractivity contribution is 6.31. The van der Waals surface area contributed by atoms with Crippen molar-refractivity contribution in [3.8, 4) is 0 Å². The molecule has 0 spiro atoms. The molecule has 3 heterocycles. The van der Waals surface area contributed by atoms with Gasteiger partial charge in [-0.25, -0.2) is 9.97 Å². The molecule has 206 valence electrons. The zero-order valence-electron chi connectivity index (χ0n) is 23.3. The van der Waals surface area contributed by atoms with Gasteiger partial charge in [0, 0.05) is 31.6 Å². The molecule has 2 aliphatic heterocycles. The average molecular weight is 548 g/mol. The summed E-state index contributed by atoms with van der Waals surface area (Å²) in [6.07, 6.45) is 5.47. The van der Waals surface area contributed by atoms with Gasteiger partial charge in [-0.1, -0.05) is 35.9 Å². The van der Waals surface area contributed by atoms with Crippen LogP contribution in [0.2, 0.25) is 5.02 Å². The predicted octanol–water partition coefficient (Wildman–Crippen LogP) is 6.02. The Morgan fingerprint density at radius 3 is 2.87 bits per heavy atom. The lowest BCUT2D eigenvalue weighted by atomic mass is 9.82. The van der Waals surface area contributed by atoms with Crippen LogP contribution in [0.5, 0.6) is 0 Å². The summed E-state index contributed by atoms with van der Waals surface area (Å²) in [5, 5.41) is 6.95. The summed E-state index contributed by atoms with van der Waals surface area (Å²) >= 11 is 6.51. The molecule has 2 aromatic carbocycles. The molecule has 0 bridgehead atoms. The van der Waals surface area contributed by atoms with Crippen LogP contribution in [0.4, 0.5) is 17.3 Å². The zero-order valence-corrected chi connectivity index (χ0v) is 24.1. The third-order valence-corrected chi connectivity index (χ3v) is 8.44. The van der Waals surface area contributed by atoms with E-state index in [1.807, 2.05) is 26.0 Å². The second kappa shape index (κ2) is 11.6. The smallest absolute Gasteiger partial charge is 0.234 e. The lowest BCUT2D eigenvalue weighted by Gasteiger charge is -2.33. The van der Waals surface area contributed by atoms with Crippen LogP contribution in [-0.4, -0.2) is 54.1 Å². The summed E-state index contributed by atoms with van der Waals surface area (Å²) in [4.78, 5) is 24.2. The molecule has 7 nitrogen and oxygen atoms in total. The third kappa shape index (κ3) is 5.96. The molecule has 3 aromatic rings. The minimum Gasteiger partial charge on any atom is -0.383 e. The first-order valence-corrected chi connectivity index (χ1v) is 14.2. The van der Waals surface area contributed by atoms with Crippen molar-refractivity contribution in [2.24, 2.45) is 0 Å². The number of halogens is 1. The number of amides is 1. The minimum atomic E-state index is -0.558.